The predicted molar refractivity (Wildman–Crippen MR) is 99.7 cm³/mol. The van der Waals surface area contributed by atoms with Gasteiger partial charge >= 0.3 is 0 Å². The summed E-state index contributed by atoms with van der Waals surface area (Å²) in [6.45, 7) is 6.82. The first kappa shape index (κ1) is 18.0. The second-order valence-electron chi connectivity index (χ2n) is 6.28. The number of anilines is 1. The number of nitrogens with two attached hydrogens (primary N) is 1. The zero-order valence-electron chi connectivity index (χ0n) is 14.8. The third-order valence-electron chi connectivity index (χ3n) is 4.33. The fourth-order valence-electron chi connectivity index (χ4n) is 2.92. The lowest BCUT2D eigenvalue weighted by Gasteiger charge is -2.22. The van der Waals surface area contributed by atoms with E-state index in [0.29, 0.717) is 6.54 Å². The van der Waals surface area contributed by atoms with Gasteiger partial charge in [0.1, 0.15) is 5.75 Å². The molecule has 1 amide bonds. The van der Waals surface area contributed by atoms with E-state index in [0.717, 1.165) is 40.1 Å². The summed E-state index contributed by atoms with van der Waals surface area (Å²) in [5.41, 5.74) is 11.0. The van der Waals surface area contributed by atoms with E-state index in [1.165, 1.54) is 0 Å². The minimum absolute atomic E-state index is 0.139. The average molecular weight is 326 g/mol. The van der Waals surface area contributed by atoms with Crippen molar-refractivity contribution in [2.24, 2.45) is 5.73 Å². The topological polar surface area (TPSA) is 64.3 Å². The standard InChI is InChI=1S/C20H26N2O2/c1-13(2)17-9-15(16-7-5-6-8-19(16)24-4)10-18(14(3)11-21)20(17)22-12-23/h5-10,12-14H,11,21H2,1-4H3,(H,22,23). The van der Waals surface area contributed by atoms with Crippen LogP contribution in [-0.2, 0) is 4.79 Å². The molecule has 128 valence electrons. The Morgan fingerprint density at radius 2 is 1.83 bits per heavy atom. The van der Waals surface area contributed by atoms with Gasteiger partial charge < -0.3 is 15.8 Å². The first-order valence-electron chi connectivity index (χ1n) is 8.24. The summed E-state index contributed by atoms with van der Waals surface area (Å²) >= 11 is 0. The Kier molecular flexibility index (Phi) is 5.99. The second kappa shape index (κ2) is 7.97. The zero-order valence-corrected chi connectivity index (χ0v) is 14.8. The zero-order chi connectivity index (χ0) is 17.7. The van der Waals surface area contributed by atoms with Crippen LogP contribution < -0.4 is 15.8 Å². The lowest BCUT2D eigenvalue weighted by Crippen LogP contribution is -2.13. The monoisotopic (exact) mass is 326 g/mol. The third-order valence-corrected chi connectivity index (χ3v) is 4.33. The second-order valence-corrected chi connectivity index (χ2v) is 6.28. The van der Waals surface area contributed by atoms with Crippen molar-refractivity contribution in [3.63, 3.8) is 0 Å². The van der Waals surface area contributed by atoms with Crippen molar-refractivity contribution >= 4 is 12.1 Å². The summed E-state index contributed by atoms with van der Waals surface area (Å²) in [6.07, 6.45) is 0.733. The van der Waals surface area contributed by atoms with Gasteiger partial charge in [0.25, 0.3) is 0 Å². The molecule has 2 aromatic rings. The van der Waals surface area contributed by atoms with E-state index in [4.69, 9.17) is 10.5 Å². The molecule has 0 aliphatic carbocycles. The SMILES string of the molecule is COc1ccccc1-c1cc(C(C)C)c(NC=O)c(C(C)CN)c1. The summed E-state index contributed by atoms with van der Waals surface area (Å²) in [7, 11) is 1.67. The molecule has 0 saturated heterocycles. The van der Waals surface area contributed by atoms with Crippen molar-refractivity contribution in [2.45, 2.75) is 32.6 Å². The van der Waals surface area contributed by atoms with Crippen LogP contribution in [0.2, 0.25) is 0 Å². The van der Waals surface area contributed by atoms with Crippen LogP contribution >= 0.6 is 0 Å². The van der Waals surface area contributed by atoms with E-state index in [9.17, 15) is 4.79 Å². The van der Waals surface area contributed by atoms with Crippen molar-refractivity contribution in [3.05, 3.63) is 47.5 Å². The maximum atomic E-state index is 11.1. The van der Waals surface area contributed by atoms with Gasteiger partial charge in [-0.25, -0.2) is 0 Å². The van der Waals surface area contributed by atoms with Gasteiger partial charge in [-0.1, -0.05) is 39.0 Å². The van der Waals surface area contributed by atoms with Crippen molar-refractivity contribution in [3.8, 4) is 16.9 Å². The van der Waals surface area contributed by atoms with Crippen molar-refractivity contribution in [1.82, 2.24) is 0 Å². The molecular formula is C20H26N2O2. The Labute approximate surface area is 144 Å². The van der Waals surface area contributed by atoms with E-state index >= 15 is 0 Å². The van der Waals surface area contributed by atoms with Gasteiger partial charge in [0.15, 0.2) is 0 Å². The van der Waals surface area contributed by atoms with Gasteiger partial charge in [0.05, 0.1) is 7.11 Å². The molecule has 3 N–H and O–H groups in total. The minimum atomic E-state index is 0.139. The molecule has 4 nitrogen and oxygen atoms in total. The van der Waals surface area contributed by atoms with Crippen LogP contribution in [0, 0.1) is 0 Å². The number of rotatable bonds is 7. The molecule has 24 heavy (non-hydrogen) atoms. The number of ether oxygens (including phenoxy) is 1. The highest BCUT2D eigenvalue weighted by Crippen LogP contribution is 2.39. The molecule has 0 heterocycles. The number of hydrogen-bond donors (Lipinski definition) is 2. The van der Waals surface area contributed by atoms with Crippen LogP contribution in [0.5, 0.6) is 5.75 Å². The van der Waals surface area contributed by atoms with Crippen LogP contribution in [0.3, 0.4) is 0 Å². The van der Waals surface area contributed by atoms with Gasteiger partial charge in [0, 0.05) is 11.3 Å². The maximum Gasteiger partial charge on any atom is 0.211 e. The predicted octanol–water partition coefficient (Wildman–Crippen LogP) is 4.12. The molecule has 2 rings (SSSR count). The maximum absolute atomic E-state index is 11.1. The smallest absolute Gasteiger partial charge is 0.211 e. The van der Waals surface area contributed by atoms with E-state index in [2.05, 4.69) is 38.2 Å². The molecule has 1 atom stereocenters. The van der Waals surface area contributed by atoms with Crippen LogP contribution in [-0.4, -0.2) is 20.1 Å². The van der Waals surface area contributed by atoms with E-state index in [1.807, 2.05) is 24.3 Å². The lowest BCUT2D eigenvalue weighted by atomic mass is 9.87. The van der Waals surface area contributed by atoms with Crippen LogP contribution in [0.4, 0.5) is 5.69 Å². The number of benzene rings is 2. The highest BCUT2D eigenvalue weighted by molar-refractivity contribution is 5.81. The number of carbonyl (C=O) groups excluding carboxylic acids is 1. The Morgan fingerprint density at radius 3 is 2.42 bits per heavy atom. The lowest BCUT2D eigenvalue weighted by molar-refractivity contribution is -0.105. The quantitative estimate of drug-likeness (QED) is 0.752. The Hall–Kier alpha value is -2.33. The Bertz CT molecular complexity index is 711. The Morgan fingerprint density at radius 1 is 1.17 bits per heavy atom. The molecule has 0 aliphatic heterocycles. The number of methoxy groups -OCH3 is 1. The van der Waals surface area contributed by atoms with Gasteiger partial charge in [-0.2, -0.15) is 0 Å². The van der Waals surface area contributed by atoms with Crippen molar-refractivity contribution in [2.75, 3.05) is 19.0 Å². The molecule has 0 bridgehead atoms. The van der Waals surface area contributed by atoms with Gasteiger partial charge in [-0.3, -0.25) is 4.79 Å². The normalized spacial score (nSPS) is 12.1. The van der Waals surface area contributed by atoms with E-state index < -0.39 is 0 Å². The Balaban J connectivity index is 2.74. The largest absolute Gasteiger partial charge is 0.496 e. The molecule has 0 aromatic heterocycles. The summed E-state index contributed by atoms with van der Waals surface area (Å²) in [6, 6.07) is 12.2. The highest BCUT2D eigenvalue weighted by atomic mass is 16.5. The fraction of sp³-hybridized carbons (Fsp3) is 0.350. The third kappa shape index (κ3) is 3.60. The molecule has 2 aromatic carbocycles. The first-order valence-corrected chi connectivity index (χ1v) is 8.24. The summed E-state index contributed by atoms with van der Waals surface area (Å²) in [5, 5.41) is 2.88. The van der Waals surface area contributed by atoms with Gasteiger partial charge in [0.2, 0.25) is 6.41 Å². The molecule has 0 spiro atoms. The summed E-state index contributed by atoms with van der Waals surface area (Å²) in [5.74, 6) is 1.24. The van der Waals surface area contributed by atoms with Crippen LogP contribution in [0.15, 0.2) is 36.4 Å². The minimum Gasteiger partial charge on any atom is -0.496 e. The molecule has 0 fully saturated rings. The molecule has 0 radical (unpaired) electrons. The first-order chi connectivity index (χ1) is 11.5. The van der Waals surface area contributed by atoms with E-state index in [1.54, 1.807) is 7.11 Å². The summed E-state index contributed by atoms with van der Waals surface area (Å²) < 4.78 is 5.51. The number of para-hydroxylation sites is 1. The molecule has 1 unspecified atom stereocenters. The molecule has 0 aliphatic rings. The molecule has 0 saturated carbocycles. The fourth-order valence-corrected chi connectivity index (χ4v) is 2.92. The van der Waals surface area contributed by atoms with Crippen molar-refractivity contribution < 1.29 is 9.53 Å². The summed E-state index contributed by atoms with van der Waals surface area (Å²) in [4.78, 5) is 11.1. The molecular weight excluding hydrogens is 300 g/mol. The number of amides is 1. The van der Waals surface area contributed by atoms with Crippen molar-refractivity contribution in [1.29, 1.82) is 0 Å². The van der Waals surface area contributed by atoms with E-state index in [-0.39, 0.29) is 11.8 Å². The number of carbonyl (C=O) groups is 1. The van der Waals surface area contributed by atoms with Gasteiger partial charge in [-0.05, 0) is 53.3 Å². The average Bonchev–Trinajstić information content (AvgIpc) is 2.61. The van der Waals surface area contributed by atoms with Crippen LogP contribution in [0.1, 0.15) is 43.7 Å². The highest BCUT2D eigenvalue weighted by Gasteiger charge is 2.18. The van der Waals surface area contributed by atoms with Gasteiger partial charge in [-0.15, -0.1) is 0 Å². The number of hydrogen-bond acceptors (Lipinski definition) is 3. The molecule has 4 heteroatoms. The number of nitrogens with one attached hydrogen (secondary N) is 1. The van der Waals surface area contributed by atoms with Crippen LogP contribution in [0.25, 0.3) is 11.1 Å².